The van der Waals surface area contributed by atoms with Gasteiger partial charge in [0.1, 0.15) is 5.75 Å². The first-order valence-electron chi connectivity index (χ1n) is 5.98. The third-order valence-electron chi connectivity index (χ3n) is 2.83. The van der Waals surface area contributed by atoms with Crippen LogP contribution in [0.5, 0.6) is 5.75 Å². The molecule has 0 aliphatic rings. The largest absolute Gasteiger partial charge is 0.573 e. The molecular weight excluding hydrogens is 265 g/mol. The van der Waals surface area contributed by atoms with Crippen LogP contribution in [-0.4, -0.2) is 6.36 Å². The van der Waals surface area contributed by atoms with E-state index < -0.39 is 6.36 Å². The van der Waals surface area contributed by atoms with Gasteiger partial charge < -0.3 is 4.74 Å². The van der Waals surface area contributed by atoms with Gasteiger partial charge in [-0.1, -0.05) is 48.6 Å². The minimum absolute atomic E-state index is 0.216. The molecule has 20 heavy (non-hydrogen) atoms. The average Bonchev–Trinajstić information content (AvgIpc) is 2.38. The topological polar surface area (TPSA) is 9.23 Å². The molecule has 2 aromatic rings. The Labute approximate surface area is 115 Å². The third kappa shape index (κ3) is 3.41. The van der Waals surface area contributed by atoms with Gasteiger partial charge in [-0.25, -0.2) is 0 Å². The molecular formula is C16H13F3O. The second kappa shape index (κ2) is 5.41. The van der Waals surface area contributed by atoms with Gasteiger partial charge in [-0.2, -0.15) is 0 Å². The maximum absolute atomic E-state index is 12.4. The fraction of sp³-hybridized carbons (Fsp3) is 0.125. The van der Waals surface area contributed by atoms with E-state index in [-0.39, 0.29) is 5.75 Å². The second-order valence-corrected chi connectivity index (χ2v) is 4.37. The van der Waals surface area contributed by atoms with E-state index in [1.807, 2.05) is 19.1 Å². The van der Waals surface area contributed by atoms with Crippen LogP contribution in [0.25, 0.3) is 17.2 Å². The third-order valence-corrected chi connectivity index (χ3v) is 2.83. The highest BCUT2D eigenvalue weighted by Gasteiger charge is 2.32. The van der Waals surface area contributed by atoms with Gasteiger partial charge in [-0.05, 0) is 30.2 Å². The predicted octanol–water partition coefficient (Wildman–Crippen LogP) is 5.20. The number of ether oxygens (including phenoxy) is 1. The number of rotatable bonds is 3. The van der Waals surface area contributed by atoms with Crippen molar-refractivity contribution in [3.05, 3.63) is 60.2 Å². The number of hydrogen-bond donors (Lipinski definition) is 0. The summed E-state index contributed by atoms with van der Waals surface area (Å²) in [6, 6.07) is 11.7. The van der Waals surface area contributed by atoms with Gasteiger partial charge in [-0.3, -0.25) is 0 Å². The van der Waals surface area contributed by atoms with Crippen LogP contribution in [0.2, 0.25) is 0 Å². The Morgan fingerprint density at radius 1 is 1.05 bits per heavy atom. The van der Waals surface area contributed by atoms with E-state index >= 15 is 0 Å². The molecule has 0 aliphatic carbocycles. The van der Waals surface area contributed by atoms with Crippen molar-refractivity contribution >= 4 is 6.08 Å². The molecule has 0 spiro atoms. The van der Waals surface area contributed by atoms with Crippen LogP contribution in [0.4, 0.5) is 13.2 Å². The van der Waals surface area contributed by atoms with E-state index in [1.54, 1.807) is 24.3 Å². The minimum atomic E-state index is -4.71. The zero-order valence-corrected chi connectivity index (χ0v) is 10.9. The Morgan fingerprint density at radius 3 is 2.25 bits per heavy atom. The molecule has 0 atom stereocenters. The Hall–Kier alpha value is -2.23. The number of halogens is 3. The molecule has 2 aromatic carbocycles. The first-order chi connectivity index (χ1) is 9.39. The maximum atomic E-state index is 12.4. The Balaban J connectivity index is 2.52. The standard InChI is InChI=1S/C16H13F3O/c1-3-12-6-9-15(20-16(17,18)19)14(10-12)13-7-4-11(2)5-8-13/h3-10H,1H2,2H3. The summed E-state index contributed by atoms with van der Waals surface area (Å²) in [6.45, 7) is 5.53. The number of benzene rings is 2. The molecule has 0 saturated carbocycles. The fourth-order valence-electron chi connectivity index (χ4n) is 1.85. The van der Waals surface area contributed by atoms with Crippen LogP contribution in [0.15, 0.2) is 49.0 Å². The molecule has 0 saturated heterocycles. The molecule has 0 aromatic heterocycles. The van der Waals surface area contributed by atoms with Gasteiger partial charge >= 0.3 is 6.36 Å². The van der Waals surface area contributed by atoms with Crippen molar-refractivity contribution in [2.45, 2.75) is 13.3 Å². The Bertz CT molecular complexity index is 613. The van der Waals surface area contributed by atoms with Crippen LogP contribution in [0.3, 0.4) is 0 Å². The van der Waals surface area contributed by atoms with Crippen molar-refractivity contribution in [1.29, 1.82) is 0 Å². The highest BCUT2D eigenvalue weighted by atomic mass is 19.4. The minimum Gasteiger partial charge on any atom is -0.405 e. The summed E-state index contributed by atoms with van der Waals surface area (Å²) in [5, 5.41) is 0. The summed E-state index contributed by atoms with van der Waals surface area (Å²) in [6.07, 6.45) is -3.13. The zero-order valence-electron chi connectivity index (χ0n) is 10.9. The number of alkyl halides is 3. The molecule has 0 amide bonds. The smallest absolute Gasteiger partial charge is 0.405 e. The summed E-state index contributed by atoms with van der Waals surface area (Å²) < 4.78 is 41.4. The van der Waals surface area contributed by atoms with E-state index in [2.05, 4.69) is 11.3 Å². The maximum Gasteiger partial charge on any atom is 0.573 e. The summed E-state index contributed by atoms with van der Waals surface area (Å²) in [5.41, 5.74) is 2.82. The van der Waals surface area contributed by atoms with E-state index in [9.17, 15) is 13.2 Å². The van der Waals surface area contributed by atoms with Crippen LogP contribution in [-0.2, 0) is 0 Å². The van der Waals surface area contributed by atoms with Crippen molar-refractivity contribution in [2.75, 3.05) is 0 Å². The van der Waals surface area contributed by atoms with Crippen LogP contribution >= 0.6 is 0 Å². The lowest BCUT2D eigenvalue weighted by atomic mass is 10.0. The second-order valence-electron chi connectivity index (χ2n) is 4.37. The van der Waals surface area contributed by atoms with E-state index in [4.69, 9.17) is 0 Å². The molecule has 4 heteroatoms. The predicted molar refractivity (Wildman–Crippen MR) is 73.4 cm³/mol. The SMILES string of the molecule is C=Cc1ccc(OC(F)(F)F)c(-c2ccc(C)cc2)c1. The Morgan fingerprint density at radius 2 is 1.70 bits per heavy atom. The molecule has 0 bridgehead atoms. The first-order valence-corrected chi connectivity index (χ1v) is 5.98. The monoisotopic (exact) mass is 278 g/mol. The number of aryl methyl sites for hydroxylation is 1. The highest BCUT2D eigenvalue weighted by Crippen LogP contribution is 2.35. The summed E-state index contributed by atoms with van der Waals surface area (Å²) in [5.74, 6) is -0.216. The zero-order chi connectivity index (χ0) is 14.8. The average molecular weight is 278 g/mol. The van der Waals surface area contributed by atoms with Crippen molar-refractivity contribution in [3.8, 4) is 16.9 Å². The molecule has 0 heterocycles. The van der Waals surface area contributed by atoms with Gasteiger partial charge in [0.25, 0.3) is 0 Å². The van der Waals surface area contributed by atoms with Gasteiger partial charge in [0.05, 0.1) is 0 Å². The van der Waals surface area contributed by atoms with Crippen molar-refractivity contribution < 1.29 is 17.9 Å². The fourth-order valence-corrected chi connectivity index (χ4v) is 1.85. The van der Waals surface area contributed by atoms with Crippen LogP contribution < -0.4 is 4.74 Å². The Kier molecular flexibility index (Phi) is 3.84. The molecule has 1 nitrogen and oxygen atoms in total. The van der Waals surface area contributed by atoms with E-state index in [0.717, 1.165) is 11.1 Å². The van der Waals surface area contributed by atoms with Crippen molar-refractivity contribution in [2.24, 2.45) is 0 Å². The van der Waals surface area contributed by atoms with E-state index in [0.29, 0.717) is 11.1 Å². The lowest BCUT2D eigenvalue weighted by molar-refractivity contribution is -0.274. The molecule has 0 radical (unpaired) electrons. The van der Waals surface area contributed by atoms with Gasteiger partial charge in [0.2, 0.25) is 0 Å². The lowest BCUT2D eigenvalue weighted by Crippen LogP contribution is -2.17. The van der Waals surface area contributed by atoms with Gasteiger partial charge in [-0.15, -0.1) is 13.2 Å². The van der Waals surface area contributed by atoms with Gasteiger partial charge in [0, 0.05) is 5.56 Å². The first kappa shape index (κ1) is 14.2. The lowest BCUT2D eigenvalue weighted by Gasteiger charge is -2.14. The normalized spacial score (nSPS) is 11.2. The highest BCUT2D eigenvalue weighted by molar-refractivity contribution is 5.73. The molecule has 104 valence electrons. The molecule has 0 fully saturated rings. The summed E-state index contributed by atoms with van der Waals surface area (Å²) in [7, 11) is 0. The quantitative estimate of drug-likeness (QED) is 0.749. The van der Waals surface area contributed by atoms with Gasteiger partial charge in [0.15, 0.2) is 0 Å². The molecule has 0 unspecified atom stereocenters. The van der Waals surface area contributed by atoms with Crippen molar-refractivity contribution in [3.63, 3.8) is 0 Å². The summed E-state index contributed by atoms with van der Waals surface area (Å²) in [4.78, 5) is 0. The summed E-state index contributed by atoms with van der Waals surface area (Å²) >= 11 is 0. The van der Waals surface area contributed by atoms with Crippen molar-refractivity contribution in [1.82, 2.24) is 0 Å². The van der Waals surface area contributed by atoms with Crippen LogP contribution in [0.1, 0.15) is 11.1 Å². The molecule has 0 aliphatic heterocycles. The van der Waals surface area contributed by atoms with E-state index in [1.165, 1.54) is 12.1 Å². The number of hydrogen-bond acceptors (Lipinski definition) is 1. The molecule has 2 rings (SSSR count). The van der Waals surface area contributed by atoms with Crippen LogP contribution in [0, 0.1) is 6.92 Å². The molecule has 0 N–H and O–H groups in total.